The molecule has 2 fully saturated rings. The SMILES string of the molecule is NC1COCC12CCN(c1ncc(Sc3cccc(Cl)c3Cl)c3nccn13)CC2. The minimum atomic E-state index is 0.115. The standard InChI is InChI=1S/C20H21Cl2N5OS/c21-13-2-1-3-14(17(13)22)29-15-10-25-19(27-9-6-24-18(15)27)26-7-4-20(5-8-26)12-28-11-16(20)23/h1-3,6,9-10,16H,4-5,7-8,11-12,23H2. The van der Waals surface area contributed by atoms with E-state index in [-0.39, 0.29) is 11.5 Å². The molecule has 152 valence electrons. The quantitative estimate of drug-likeness (QED) is 0.647. The van der Waals surface area contributed by atoms with Crippen LogP contribution in [0.1, 0.15) is 12.8 Å². The molecule has 2 N–H and O–H groups in total. The molecule has 2 aliphatic rings. The van der Waals surface area contributed by atoms with Crippen LogP contribution >= 0.6 is 35.0 Å². The Morgan fingerprint density at radius 1 is 1.17 bits per heavy atom. The summed E-state index contributed by atoms with van der Waals surface area (Å²) >= 11 is 14.0. The zero-order chi connectivity index (χ0) is 20.0. The van der Waals surface area contributed by atoms with E-state index in [4.69, 9.17) is 38.7 Å². The number of hydrogen-bond donors (Lipinski definition) is 1. The first-order chi connectivity index (χ1) is 14.1. The molecule has 0 aliphatic carbocycles. The normalized spacial score (nSPS) is 21.3. The maximum absolute atomic E-state index is 6.36. The van der Waals surface area contributed by atoms with E-state index in [1.807, 2.05) is 28.9 Å². The van der Waals surface area contributed by atoms with Crippen LogP contribution in [-0.2, 0) is 4.74 Å². The van der Waals surface area contributed by atoms with E-state index in [9.17, 15) is 0 Å². The molecule has 2 aromatic heterocycles. The maximum Gasteiger partial charge on any atom is 0.211 e. The number of ether oxygens (including phenoxy) is 1. The van der Waals surface area contributed by atoms with Crippen LogP contribution < -0.4 is 10.6 Å². The second kappa shape index (κ2) is 7.63. The van der Waals surface area contributed by atoms with Gasteiger partial charge in [-0.3, -0.25) is 4.40 Å². The van der Waals surface area contributed by atoms with E-state index in [0.717, 1.165) is 53.9 Å². The van der Waals surface area contributed by atoms with E-state index >= 15 is 0 Å². The average molecular weight is 450 g/mol. The first kappa shape index (κ1) is 19.5. The molecule has 0 amide bonds. The molecule has 2 saturated heterocycles. The Bertz CT molecular complexity index is 1050. The summed E-state index contributed by atoms with van der Waals surface area (Å²) < 4.78 is 7.69. The topological polar surface area (TPSA) is 68.7 Å². The first-order valence-corrected chi connectivity index (χ1v) is 11.2. The highest BCUT2D eigenvalue weighted by Gasteiger charge is 2.44. The summed E-state index contributed by atoms with van der Waals surface area (Å²) in [6, 6.07) is 5.75. The minimum absolute atomic E-state index is 0.115. The van der Waals surface area contributed by atoms with Crippen molar-refractivity contribution in [3.63, 3.8) is 0 Å². The van der Waals surface area contributed by atoms with Crippen LogP contribution in [-0.4, -0.2) is 46.7 Å². The monoisotopic (exact) mass is 449 g/mol. The van der Waals surface area contributed by atoms with E-state index < -0.39 is 0 Å². The lowest BCUT2D eigenvalue weighted by atomic mass is 9.75. The van der Waals surface area contributed by atoms with Gasteiger partial charge in [-0.25, -0.2) is 9.97 Å². The van der Waals surface area contributed by atoms with E-state index in [0.29, 0.717) is 16.7 Å². The second-order valence-electron chi connectivity index (χ2n) is 7.67. The molecule has 6 nitrogen and oxygen atoms in total. The second-order valence-corrected chi connectivity index (χ2v) is 9.54. The fourth-order valence-corrected chi connectivity index (χ4v) is 5.61. The van der Waals surface area contributed by atoms with Gasteiger partial charge in [0, 0.05) is 48.0 Å². The van der Waals surface area contributed by atoms with Gasteiger partial charge in [0.25, 0.3) is 0 Å². The molecule has 0 saturated carbocycles. The third kappa shape index (κ3) is 3.39. The number of halogens is 2. The van der Waals surface area contributed by atoms with Gasteiger partial charge in [-0.05, 0) is 25.0 Å². The van der Waals surface area contributed by atoms with Gasteiger partial charge in [0.15, 0.2) is 5.65 Å². The third-order valence-corrected chi connectivity index (χ3v) is 8.02. The zero-order valence-electron chi connectivity index (χ0n) is 15.7. The third-order valence-electron chi connectivity index (χ3n) is 6.03. The van der Waals surface area contributed by atoms with Crippen molar-refractivity contribution in [2.75, 3.05) is 31.2 Å². The van der Waals surface area contributed by atoms with Gasteiger partial charge in [-0.1, -0.05) is 41.0 Å². The number of imidazole rings is 1. The van der Waals surface area contributed by atoms with Crippen molar-refractivity contribution in [2.45, 2.75) is 28.7 Å². The van der Waals surface area contributed by atoms with Crippen LogP contribution in [0.15, 0.2) is 46.6 Å². The van der Waals surface area contributed by atoms with E-state index in [2.05, 4.69) is 9.88 Å². The number of fused-ring (bicyclic) bond motifs is 1. The molecular formula is C20H21Cl2N5OS. The number of hydrogen-bond acceptors (Lipinski definition) is 6. The molecule has 9 heteroatoms. The lowest BCUT2D eigenvalue weighted by Crippen LogP contribution is -2.49. The molecule has 0 bridgehead atoms. The van der Waals surface area contributed by atoms with Crippen molar-refractivity contribution in [1.82, 2.24) is 14.4 Å². The smallest absolute Gasteiger partial charge is 0.211 e. The summed E-state index contributed by atoms with van der Waals surface area (Å²) in [6.45, 7) is 3.25. The van der Waals surface area contributed by atoms with Crippen molar-refractivity contribution < 1.29 is 4.74 Å². The van der Waals surface area contributed by atoms with Crippen molar-refractivity contribution >= 4 is 46.6 Å². The molecule has 1 spiro atoms. The van der Waals surface area contributed by atoms with Gasteiger partial charge in [-0.15, -0.1) is 0 Å². The molecule has 2 aliphatic heterocycles. The number of rotatable bonds is 3. The highest BCUT2D eigenvalue weighted by atomic mass is 35.5. The maximum atomic E-state index is 6.36. The molecule has 1 unspecified atom stereocenters. The van der Waals surface area contributed by atoms with Crippen molar-refractivity contribution in [3.05, 3.63) is 46.8 Å². The van der Waals surface area contributed by atoms with Crippen LogP contribution in [0.3, 0.4) is 0 Å². The summed E-state index contributed by atoms with van der Waals surface area (Å²) in [5, 5.41) is 1.08. The fourth-order valence-electron chi connectivity index (χ4n) is 4.21. The molecule has 1 atom stereocenters. The summed E-state index contributed by atoms with van der Waals surface area (Å²) in [5.74, 6) is 0.904. The summed E-state index contributed by atoms with van der Waals surface area (Å²) in [6.07, 6.45) is 7.65. The minimum Gasteiger partial charge on any atom is -0.379 e. The Morgan fingerprint density at radius 2 is 2.00 bits per heavy atom. The number of nitrogens with zero attached hydrogens (tertiary/aromatic N) is 4. The number of piperidine rings is 1. The molecule has 3 aromatic rings. The predicted molar refractivity (Wildman–Crippen MR) is 116 cm³/mol. The van der Waals surface area contributed by atoms with Gasteiger partial charge >= 0.3 is 0 Å². The van der Waals surface area contributed by atoms with Crippen LogP contribution in [0.25, 0.3) is 5.65 Å². The Labute approximate surface area is 183 Å². The number of anilines is 1. The van der Waals surface area contributed by atoms with Gasteiger partial charge in [0.2, 0.25) is 5.95 Å². The van der Waals surface area contributed by atoms with Crippen LogP contribution in [0, 0.1) is 5.41 Å². The summed E-state index contributed by atoms with van der Waals surface area (Å²) in [7, 11) is 0. The molecule has 4 heterocycles. The van der Waals surface area contributed by atoms with Gasteiger partial charge in [-0.2, -0.15) is 0 Å². The van der Waals surface area contributed by atoms with Crippen molar-refractivity contribution in [3.8, 4) is 0 Å². The largest absolute Gasteiger partial charge is 0.379 e. The Morgan fingerprint density at radius 3 is 2.76 bits per heavy atom. The number of benzene rings is 1. The lowest BCUT2D eigenvalue weighted by molar-refractivity contribution is 0.131. The zero-order valence-corrected chi connectivity index (χ0v) is 18.1. The molecular weight excluding hydrogens is 429 g/mol. The van der Waals surface area contributed by atoms with Crippen molar-refractivity contribution in [1.29, 1.82) is 0 Å². The lowest BCUT2D eigenvalue weighted by Gasteiger charge is -2.41. The summed E-state index contributed by atoms with van der Waals surface area (Å²) in [4.78, 5) is 13.5. The number of nitrogens with two attached hydrogens (primary N) is 1. The summed E-state index contributed by atoms with van der Waals surface area (Å²) in [5.41, 5.74) is 7.29. The highest BCUT2D eigenvalue weighted by Crippen LogP contribution is 2.41. The molecule has 0 radical (unpaired) electrons. The Hall–Kier alpha value is -1.51. The number of aromatic nitrogens is 3. The molecule has 5 rings (SSSR count). The van der Waals surface area contributed by atoms with Crippen LogP contribution in [0.2, 0.25) is 10.0 Å². The van der Waals surface area contributed by atoms with E-state index in [1.54, 1.807) is 12.3 Å². The van der Waals surface area contributed by atoms with Crippen LogP contribution in [0.4, 0.5) is 5.95 Å². The Balaban J connectivity index is 1.42. The first-order valence-electron chi connectivity index (χ1n) is 9.60. The Kier molecular flexibility index (Phi) is 5.12. The van der Waals surface area contributed by atoms with E-state index in [1.165, 1.54) is 11.8 Å². The van der Waals surface area contributed by atoms with Crippen molar-refractivity contribution in [2.24, 2.45) is 11.1 Å². The fraction of sp³-hybridized carbons (Fsp3) is 0.400. The van der Waals surface area contributed by atoms with Gasteiger partial charge in [0.1, 0.15) is 0 Å². The highest BCUT2D eigenvalue weighted by molar-refractivity contribution is 7.99. The van der Waals surface area contributed by atoms with Gasteiger partial charge in [0.05, 0.1) is 28.2 Å². The van der Waals surface area contributed by atoms with Crippen LogP contribution in [0.5, 0.6) is 0 Å². The average Bonchev–Trinajstić information content (AvgIpc) is 3.35. The predicted octanol–water partition coefficient (Wildman–Crippen LogP) is 4.13. The molecule has 29 heavy (non-hydrogen) atoms. The molecule has 1 aromatic carbocycles. The van der Waals surface area contributed by atoms with Gasteiger partial charge < -0.3 is 15.4 Å².